The van der Waals surface area contributed by atoms with Gasteiger partial charge in [-0.05, 0) is 30.3 Å². The van der Waals surface area contributed by atoms with E-state index < -0.39 is 5.91 Å². The van der Waals surface area contributed by atoms with Gasteiger partial charge in [-0.1, -0.05) is 12.1 Å². The lowest BCUT2D eigenvalue weighted by Crippen LogP contribution is -2.10. The van der Waals surface area contributed by atoms with Gasteiger partial charge in [-0.2, -0.15) is 5.26 Å². The van der Waals surface area contributed by atoms with Gasteiger partial charge in [-0.25, -0.2) is 4.98 Å². The number of aromatic amines is 1. The number of hydrogen-bond acceptors (Lipinski definition) is 3. The van der Waals surface area contributed by atoms with E-state index >= 15 is 0 Å². The number of aromatic nitrogens is 2. The number of carbonyl (C=O) groups excluding carboxylic acids is 1. The van der Waals surface area contributed by atoms with Crippen LogP contribution in [-0.4, -0.2) is 15.9 Å². The number of hydrogen-bond donors (Lipinski definition) is 2. The lowest BCUT2D eigenvalue weighted by Gasteiger charge is -1.98. The van der Waals surface area contributed by atoms with Crippen molar-refractivity contribution in [3.8, 4) is 17.5 Å². The Kier molecular flexibility index (Phi) is 2.70. The summed E-state index contributed by atoms with van der Waals surface area (Å²) in [4.78, 5) is 18.6. The Hall–Kier alpha value is -3.13. The molecule has 3 N–H and O–H groups in total. The van der Waals surface area contributed by atoms with Gasteiger partial charge in [0, 0.05) is 11.1 Å². The third-order valence-corrected chi connectivity index (χ3v) is 3.06. The first-order chi connectivity index (χ1) is 9.67. The minimum atomic E-state index is -0.459. The zero-order valence-corrected chi connectivity index (χ0v) is 10.4. The smallest absolute Gasteiger partial charge is 0.248 e. The van der Waals surface area contributed by atoms with Crippen LogP contribution < -0.4 is 5.73 Å². The highest BCUT2D eigenvalue weighted by Crippen LogP contribution is 2.21. The maximum atomic E-state index is 11.0. The third kappa shape index (κ3) is 1.99. The molecule has 3 rings (SSSR count). The molecular weight excluding hydrogens is 252 g/mol. The predicted molar refractivity (Wildman–Crippen MR) is 74.8 cm³/mol. The maximum absolute atomic E-state index is 11.0. The van der Waals surface area contributed by atoms with Crippen molar-refractivity contribution < 1.29 is 4.79 Å². The van der Waals surface area contributed by atoms with Gasteiger partial charge in [0.25, 0.3) is 0 Å². The molecule has 0 atom stereocenters. The molecule has 20 heavy (non-hydrogen) atoms. The number of carbonyl (C=O) groups is 1. The Bertz CT molecular complexity index is 840. The minimum absolute atomic E-state index is 0.455. The molecule has 0 aliphatic carbocycles. The molecule has 1 amide bonds. The number of benzene rings is 2. The average Bonchev–Trinajstić information content (AvgIpc) is 2.90. The summed E-state index contributed by atoms with van der Waals surface area (Å²) in [6.45, 7) is 0. The van der Waals surface area contributed by atoms with Crippen molar-refractivity contribution in [2.24, 2.45) is 5.73 Å². The van der Waals surface area contributed by atoms with E-state index in [4.69, 9.17) is 11.0 Å². The first kappa shape index (κ1) is 11.9. The number of primary amides is 1. The largest absolute Gasteiger partial charge is 0.366 e. The van der Waals surface area contributed by atoms with E-state index in [0.29, 0.717) is 17.0 Å². The van der Waals surface area contributed by atoms with Gasteiger partial charge in [-0.3, -0.25) is 4.79 Å². The molecule has 0 bridgehead atoms. The molecule has 5 nitrogen and oxygen atoms in total. The summed E-state index contributed by atoms with van der Waals surface area (Å²) in [5.41, 5.74) is 8.67. The quantitative estimate of drug-likeness (QED) is 0.741. The molecule has 1 aromatic heterocycles. The van der Waals surface area contributed by atoms with E-state index in [1.165, 1.54) is 0 Å². The monoisotopic (exact) mass is 262 g/mol. The van der Waals surface area contributed by atoms with Gasteiger partial charge in [0.1, 0.15) is 5.82 Å². The highest BCUT2D eigenvalue weighted by Gasteiger charge is 2.07. The number of nitriles is 1. The van der Waals surface area contributed by atoms with E-state index in [1.54, 1.807) is 36.4 Å². The van der Waals surface area contributed by atoms with Crippen LogP contribution in [0.15, 0.2) is 42.5 Å². The number of amides is 1. The van der Waals surface area contributed by atoms with Crippen molar-refractivity contribution in [3.05, 3.63) is 53.6 Å². The summed E-state index contributed by atoms with van der Waals surface area (Å²) in [7, 11) is 0. The zero-order chi connectivity index (χ0) is 14.1. The van der Waals surface area contributed by atoms with Gasteiger partial charge in [-0.15, -0.1) is 0 Å². The van der Waals surface area contributed by atoms with Crippen molar-refractivity contribution >= 4 is 16.9 Å². The second-order valence-corrected chi connectivity index (χ2v) is 4.37. The SMILES string of the molecule is N#Cc1ccc2[nH]c(-c3ccc(C(N)=O)cc3)nc2c1. The van der Waals surface area contributed by atoms with Crippen LogP contribution in [0.5, 0.6) is 0 Å². The molecule has 0 spiro atoms. The van der Waals surface area contributed by atoms with E-state index in [-0.39, 0.29) is 0 Å². The number of H-pyrrole nitrogens is 1. The van der Waals surface area contributed by atoms with Crippen LogP contribution >= 0.6 is 0 Å². The topological polar surface area (TPSA) is 95.6 Å². The summed E-state index contributed by atoms with van der Waals surface area (Å²) in [6.07, 6.45) is 0. The molecule has 3 aromatic rings. The Morgan fingerprint density at radius 2 is 1.95 bits per heavy atom. The molecule has 5 heteroatoms. The highest BCUT2D eigenvalue weighted by molar-refractivity contribution is 5.93. The number of nitrogens with one attached hydrogen (secondary N) is 1. The molecule has 0 saturated carbocycles. The number of nitrogens with zero attached hydrogens (tertiary/aromatic N) is 2. The Morgan fingerprint density at radius 1 is 1.20 bits per heavy atom. The van der Waals surface area contributed by atoms with Gasteiger partial charge >= 0.3 is 0 Å². The van der Waals surface area contributed by atoms with Crippen molar-refractivity contribution in [2.75, 3.05) is 0 Å². The van der Waals surface area contributed by atoms with Crippen molar-refractivity contribution in [1.82, 2.24) is 9.97 Å². The fourth-order valence-corrected chi connectivity index (χ4v) is 2.00. The fraction of sp³-hybridized carbons (Fsp3) is 0. The average molecular weight is 262 g/mol. The fourth-order valence-electron chi connectivity index (χ4n) is 2.00. The molecule has 0 aliphatic heterocycles. The first-order valence-corrected chi connectivity index (χ1v) is 5.97. The van der Waals surface area contributed by atoms with Crippen LogP contribution in [0.25, 0.3) is 22.4 Å². The molecule has 0 fully saturated rings. The molecule has 0 radical (unpaired) electrons. The molecule has 2 aromatic carbocycles. The van der Waals surface area contributed by atoms with Crippen LogP contribution in [0.2, 0.25) is 0 Å². The standard InChI is InChI=1S/C15H10N4O/c16-8-9-1-6-12-13(7-9)19-15(18-12)11-4-2-10(3-5-11)14(17)20/h1-7H,(H2,17,20)(H,18,19). The molecule has 96 valence electrons. The highest BCUT2D eigenvalue weighted by atomic mass is 16.1. The maximum Gasteiger partial charge on any atom is 0.248 e. The number of imidazole rings is 1. The third-order valence-electron chi connectivity index (χ3n) is 3.06. The van der Waals surface area contributed by atoms with Crippen molar-refractivity contribution in [3.63, 3.8) is 0 Å². The van der Waals surface area contributed by atoms with Crippen molar-refractivity contribution in [2.45, 2.75) is 0 Å². The Morgan fingerprint density at radius 3 is 2.60 bits per heavy atom. The van der Waals surface area contributed by atoms with E-state index in [1.807, 2.05) is 6.07 Å². The van der Waals surface area contributed by atoms with Gasteiger partial charge < -0.3 is 10.7 Å². The first-order valence-electron chi connectivity index (χ1n) is 5.97. The number of nitrogens with two attached hydrogens (primary N) is 1. The Balaban J connectivity index is 2.05. The van der Waals surface area contributed by atoms with Crippen LogP contribution in [-0.2, 0) is 0 Å². The second kappa shape index (κ2) is 4.52. The van der Waals surface area contributed by atoms with E-state index in [0.717, 1.165) is 16.6 Å². The molecule has 1 heterocycles. The molecular formula is C15H10N4O. The lowest BCUT2D eigenvalue weighted by atomic mass is 10.1. The van der Waals surface area contributed by atoms with E-state index in [2.05, 4.69) is 16.0 Å². The van der Waals surface area contributed by atoms with Gasteiger partial charge in [0.2, 0.25) is 5.91 Å². The lowest BCUT2D eigenvalue weighted by molar-refractivity contribution is 0.100. The summed E-state index contributed by atoms with van der Waals surface area (Å²) < 4.78 is 0. The van der Waals surface area contributed by atoms with E-state index in [9.17, 15) is 4.79 Å². The second-order valence-electron chi connectivity index (χ2n) is 4.37. The zero-order valence-electron chi connectivity index (χ0n) is 10.4. The Labute approximate surface area is 114 Å². The van der Waals surface area contributed by atoms with Crippen molar-refractivity contribution in [1.29, 1.82) is 5.26 Å². The van der Waals surface area contributed by atoms with Crippen LogP contribution in [0.4, 0.5) is 0 Å². The number of fused-ring (bicyclic) bond motifs is 1. The molecule has 0 unspecified atom stereocenters. The summed E-state index contributed by atoms with van der Waals surface area (Å²) in [6, 6.07) is 14.2. The minimum Gasteiger partial charge on any atom is -0.366 e. The molecule has 0 saturated heterocycles. The van der Waals surface area contributed by atoms with Gasteiger partial charge in [0.05, 0.1) is 22.7 Å². The van der Waals surface area contributed by atoms with Crippen LogP contribution in [0.3, 0.4) is 0 Å². The van der Waals surface area contributed by atoms with Gasteiger partial charge in [0.15, 0.2) is 0 Å². The summed E-state index contributed by atoms with van der Waals surface area (Å²) in [5, 5.41) is 8.87. The normalized spacial score (nSPS) is 10.3. The summed E-state index contributed by atoms with van der Waals surface area (Å²) >= 11 is 0. The van der Waals surface area contributed by atoms with Crippen LogP contribution in [0, 0.1) is 11.3 Å². The predicted octanol–water partition coefficient (Wildman–Crippen LogP) is 2.20. The van der Waals surface area contributed by atoms with Crippen LogP contribution in [0.1, 0.15) is 15.9 Å². The summed E-state index contributed by atoms with van der Waals surface area (Å²) in [5.74, 6) is 0.228. The molecule has 0 aliphatic rings. The number of rotatable bonds is 2.